The fourth-order valence-corrected chi connectivity index (χ4v) is 10.3. The van der Waals surface area contributed by atoms with Crippen LogP contribution in [0, 0.1) is 0 Å². The maximum atomic E-state index is 6.73. The van der Waals surface area contributed by atoms with Crippen molar-refractivity contribution in [1.82, 2.24) is 19.1 Å². The second-order valence-corrected chi connectivity index (χ2v) is 16.0. The van der Waals surface area contributed by atoms with Crippen LogP contribution in [0.4, 0.5) is 0 Å². The Kier molecular flexibility index (Phi) is 6.49. The van der Waals surface area contributed by atoms with Crippen LogP contribution in [-0.2, 0) is 0 Å². The smallest absolute Gasteiger partial charge is 0.135 e. The van der Waals surface area contributed by atoms with E-state index in [9.17, 15) is 0 Å². The summed E-state index contributed by atoms with van der Waals surface area (Å²) in [4.78, 5) is 11.0. The second kappa shape index (κ2) is 12.1. The molecule has 14 aromatic rings. The lowest BCUT2D eigenvalue weighted by atomic mass is 9.96. The minimum absolute atomic E-state index is 0.846. The predicted molar refractivity (Wildman–Crippen MR) is 253 cm³/mol. The molecule has 14 rings (SSSR count). The maximum absolute atomic E-state index is 6.73. The van der Waals surface area contributed by atoms with E-state index in [4.69, 9.17) is 14.4 Å². The van der Waals surface area contributed by atoms with Crippen LogP contribution in [0.25, 0.3) is 132 Å². The van der Waals surface area contributed by atoms with Crippen LogP contribution in [0.1, 0.15) is 0 Å². The summed E-state index contributed by atoms with van der Waals surface area (Å²) >= 11 is 0. The van der Waals surface area contributed by atoms with Crippen LogP contribution < -0.4 is 0 Å². The topological polar surface area (TPSA) is 48.8 Å². The van der Waals surface area contributed by atoms with Crippen LogP contribution in [0.3, 0.4) is 0 Å². The number of rotatable bonds is 4. The Morgan fingerprint density at radius 1 is 0.344 bits per heavy atom. The molecule has 0 radical (unpaired) electrons. The van der Waals surface area contributed by atoms with Crippen LogP contribution in [0.2, 0.25) is 0 Å². The van der Waals surface area contributed by atoms with Crippen molar-refractivity contribution in [2.24, 2.45) is 0 Å². The van der Waals surface area contributed by atoms with E-state index in [0.717, 1.165) is 110 Å². The Balaban J connectivity index is 1.09. The molecule has 0 fully saturated rings. The van der Waals surface area contributed by atoms with E-state index >= 15 is 0 Å². The van der Waals surface area contributed by atoms with Crippen molar-refractivity contribution in [1.29, 1.82) is 0 Å². The highest BCUT2D eigenvalue weighted by atomic mass is 16.3. The molecule has 0 atom stereocenters. The predicted octanol–water partition coefficient (Wildman–Crippen LogP) is 14.8. The molecule has 61 heavy (non-hydrogen) atoms. The third-order valence-corrected chi connectivity index (χ3v) is 12.9. The van der Waals surface area contributed by atoms with Crippen molar-refractivity contribution in [2.45, 2.75) is 0 Å². The molecule has 5 heteroatoms. The summed E-state index contributed by atoms with van der Waals surface area (Å²) in [5.74, 6) is 0. The van der Waals surface area contributed by atoms with E-state index in [2.05, 4.69) is 191 Å². The Morgan fingerprint density at radius 3 is 1.62 bits per heavy atom. The first-order valence-electron chi connectivity index (χ1n) is 20.8. The minimum Gasteiger partial charge on any atom is -0.456 e. The molecule has 0 bridgehead atoms. The van der Waals surface area contributed by atoms with Crippen molar-refractivity contribution in [2.75, 3.05) is 0 Å². The molecule has 0 aliphatic heterocycles. The van der Waals surface area contributed by atoms with Crippen molar-refractivity contribution >= 4 is 98.1 Å². The Hall–Kier alpha value is -8.28. The van der Waals surface area contributed by atoms with E-state index in [0.29, 0.717) is 0 Å². The van der Waals surface area contributed by atoms with Gasteiger partial charge in [0, 0.05) is 54.5 Å². The lowest BCUT2D eigenvalue weighted by Crippen LogP contribution is -2.01. The van der Waals surface area contributed by atoms with Crippen molar-refractivity contribution in [3.8, 4) is 33.9 Å². The summed E-state index contributed by atoms with van der Waals surface area (Å²) in [6.07, 6.45) is 0. The van der Waals surface area contributed by atoms with E-state index in [1.54, 1.807) is 0 Å². The van der Waals surface area contributed by atoms with Gasteiger partial charge in [0.15, 0.2) is 0 Å². The summed E-state index contributed by atoms with van der Waals surface area (Å²) in [6.45, 7) is 0. The quantitative estimate of drug-likeness (QED) is 0.179. The molecule has 0 spiro atoms. The first-order valence-corrected chi connectivity index (χ1v) is 20.8. The highest BCUT2D eigenvalue weighted by Gasteiger charge is 2.25. The average molecular weight is 777 g/mol. The Bertz CT molecular complexity index is 4010. The zero-order valence-electron chi connectivity index (χ0n) is 32.7. The van der Waals surface area contributed by atoms with Gasteiger partial charge in [-0.1, -0.05) is 127 Å². The number of fused-ring (bicyclic) bond motifs is 5. The molecule has 5 nitrogen and oxygen atoms in total. The number of benzene rings is 10. The molecular formula is C56H32N4O. The first-order chi connectivity index (χ1) is 30.3. The van der Waals surface area contributed by atoms with Gasteiger partial charge in [-0.3, -0.25) is 0 Å². The summed E-state index contributed by atoms with van der Waals surface area (Å²) in [5, 5.41) is 11.7. The van der Waals surface area contributed by atoms with E-state index in [1.165, 1.54) is 21.5 Å². The van der Waals surface area contributed by atoms with Gasteiger partial charge in [-0.05, 0) is 82.9 Å². The van der Waals surface area contributed by atoms with Crippen LogP contribution in [0.5, 0.6) is 0 Å². The average Bonchev–Trinajstić information content (AvgIpc) is 3.79. The molecule has 10 aromatic carbocycles. The molecule has 0 aliphatic carbocycles. The number of para-hydroxylation sites is 5. The fourth-order valence-electron chi connectivity index (χ4n) is 10.3. The molecule has 0 amide bonds. The van der Waals surface area contributed by atoms with Gasteiger partial charge in [0.1, 0.15) is 11.2 Å². The second-order valence-electron chi connectivity index (χ2n) is 16.0. The molecule has 0 saturated heterocycles. The number of hydrogen-bond acceptors (Lipinski definition) is 3. The summed E-state index contributed by atoms with van der Waals surface area (Å²) in [5.41, 5.74) is 14.0. The minimum atomic E-state index is 0.846. The SMILES string of the molecule is c1ccc(-n2c3ccccc3c3cccc(-c4nc5ccccc5nc4-c4ccc(-n5c6ccc7cccc8oc9cccc%10ccc5c(c%109)c6c78)c5ccccc45)c32)cc1. The fraction of sp³-hybridized carbons (Fsp3) is 0. The summed E-state index contributed by atoms with van der Waals surface area (Å²) in [6, 6.07) is 69.2. The molecule has 0 unspecified atom stereocenters. The van der Waals surface area contributed by atoms with Gasteiger partial charge >= 0.3 is 0 Å². The normalized spacial score (nSPS) is 12.3. The first kappa shape index (κ1) is 32.7. The number of hydrogen-bond donors (Lipinski definition) is 0. The van der Waals surface area contributed by atoms with Crippen molar-refractivity contribution < 1.29 is 4.42 Å². The summed E-state index contributed by atoms with van der Waals surface area (Å²) in [7, 11) is 0. The van der Waals surface area contributed by atoms with E-state index < -0.39 is 0 Å². The molecular weight excluding hydrogens is 745 g/mol. The molecule has 0 saturated carbocycles. The van der Waals surface area contributed by atoms with Gasteiger partial charge in [0.2, 0.25) is 0 Å². The third kappa shape index (κ3) is 4.44. The van der Waals surface area contributed by atoms with Gasteiger partial charge in [-0.25, -0.2) is 9.97 Å². The van der Waals surface area contributed by atoms with Crippen molar-refractivity contribution in [3.63, 3.8) is 0 Å². The highest BCUT2D eigenvalue weighted by Crippen LogP contribution is 2.47. The molecule has 4 aromatic heterocycles. The van der Waals surface area contributed by atoms with Gasteiger partial charge < -0.3 is 13.6 Å². The van der Waals surface area contributed by atoms with Crippen LogP contribution >= 0.6 is 0 Å². The standard InChI is InChI=1S/C56H32N4O/c1-2-15-35(16-3-1)59-44-24-9-6-19-38(44)40-20-12-21-41(56(40)59)55-54(57-42-22-7-8-23-43(42)58-55)39-29-32-45(37-18-5-4-17-36(37)39)60-46-30-27-33-13-10-25-48-50(33)52(46)53-47(60)31-28-34-14-11-26-49(61-48)51(34)53/h1-32H. The lowest BCUT2D eigenvalue weighted by Gasteiger charge is -2.18. The third-order valence-electron chi connectivity index (χ3n) is 12.9. The highest BCUT2D eigenvalue weighted by molar-refractivity contribution is 6.34. The van der Waals surface area contributed by atoms with Crippen LogP contribution in [0.15, 0.2) is 199 Å². The zero-order valence-corrected chi connectivity index (χ0v) is 32.7. The number of aromatic nitrogens is 4. The van der Waals surface area contributed by atoms with Crippen molar-refractivity contribution in [3.05, 3.63) is 194 Å². The van der Waals surface area contributed by atoms with Gasteiger partial charge in [-0.15, -0.1) is 0 Å². The van der Waals surface area contributed by atoms with Gasteiger partial charge in [0.05, 0.1) is 50.2 Å². The maximum Gasteiger partial charge on any atom is 0.135 e. The molecule has 4 heterocycles. The number of nitrogens with zero attached hydrogens (tertiary/aromatic N) is 4. The summed E-state index contributed by atoms with van der Waals surface area (Å²) < 4.78 is 11.6. The zero-order chi connectivity index (χ0) is 39.8. The molecule has 0 aliphatic rings. The molecule has 0 N–H and O–H groups in total. The lowest BCUT2D eigenvalue weighted by molar-refractivity contribution is 0.664. The Morgan fingerprint density at radius 2 is 0.918 bits per heavy atom. The monoisotopic (exact) mass is 776 g/mol. The largest absolute Gasteiger partial charge is 0.456 e. The van der Waals surface area contributed by atoms with Gasteiger partial charge in [0.25, 0.3) is 0 Å². The van der Waals surface area contributed by atoms with Gasteiger partial charge in [-0.2, -0.15) is 0 Å². The van der Waals surface area contributed by atoms with E-state index in [-0.39, 0.29) is 0 Å². The molecule has 282 valence electrons. The van der Waals surface area contributed by atoms with Crippen LogP contribution in [-0.4, -0.2) is 19.1 Å². The Labute approximate surface area is 348 Å². The van der Waals surface area contributed by atoms with E-state index in [1.807, 2.05) is 12.1 Å².